The number of aromatic nitrogens is 1. The van der Waals surface area contributed by atoms with Crippen molar-refractivity contribution in [1.82, 2.24) is 4.57 Å². The van der Waals surface area contributed by atoms with Gasteiger partial charge in [-0.1, -0.05) is 91.9 Å². The van der Waals surface area contributed by atoms with Crippen molar-refractivity contribution in [2.24, 2.45) is 5.92 Å². The lowest BCUT2D eigenvalue weighted by Gasteiger charge is -2.30. The number of nitrogens with zero attached hydrogens (tertiary/aromatic N) is 2. The van der Waals surface area contributed by atoms with Gasteiger partial charge in [0.25, 0.3) is 0 Å². The number of hydrogen-bond donors (Lipinski definition) is 0. The highest BCUT2D eigenvalue weighted by Gasteiger charge is 2.36. The monoisotopic (exact) mass is 582 g/mol. The first-order valence-corrected chi connectivity index (χ1v) is 16.7. The second-order valence-electron chi connectivity index (χ2n) is 13.2. The van der Waals surface area contributed by atoms with Gasteiger partial charge in [-0.25, -0.2) is 0 Å². The molecule has 4 aliphatic carbocycles. The van der Waals surface area contributed by atoms with Gasteiger partial charge >= 0.3 is 0 Å². The SMILES string of the molecule is CC1C=CC(C2=CCC3C(=C2)c2cc(-c4ccccc4)ccc2N3c2cccc(-n3c4c(c5c3=CCCC=5)CCC=C4)c2)=CC1. The van der Waals surface area contributed by atoms with Crippen LogP contribution in [0.3, 0.4) is 0 Å². The Morgan fingerprint density at radius 1 is 0.711 bits per heavy atom. The average Bonchev–Trinajstić information content (AvgIpc) is 3.61. The maximum atomic E-state index is 2.61. The molecular formula is C43H38N2. The Morgan fingerprint density at radius 3 is 2.47 bits per heavy atom. The minimum atomic E-state index is 0.268. The summed E-state index contributed by atoms with van der Waals surface area (Å²) in [4.78, 5) is 2.61. The van der Waals surface area contributed by atoms with E-state index in [0.29, 0.717) is 5.92 Å². The molecule has 2 atom stereocenters. The van der Waals surface area contributed by atoms with Crippen molar-refractivity contribution in [1.29, 1.82) is 0 Å². The zero-order valence-corrected chi connectivity index (χ0v) is 25.9. The first-order valence-electron chi connectivity index (χ1n) is 16.7. The van der Waals surface area contributed by atoms with E-state index in [9.17, 15) is 0 Å². The van der Waals surface area contributed by atoms with Gasteiger partial charge in [-0.3, -0.25) is 0 Å². The summed E-state index contributed by atoms with van der Waals surface area (Å²) in [6.07, 6.45) is 28.3. The molecule has 4 aromatic rings. The summed E-state index contributed by atoms with van der Waals surface area (Å²) in [5.74, 6) is 0.615. The molecule has 2 nitrogen and oxygen atoms in total. The fourth-order valence-electron chi connectivity index (χ4n) is 8.08. The third-order valence-corrected chi connectivity index (χ3v) is 10.3. The van der Waals surface area contributed by atoms with Crippen LogP contribution in [0.5, 0.6) is 0 Å². The fourth-order valence-corrected chi connectivity index (χ4v) is 8.08. The van der Waals surface area contributed by atoms with Crippen LogP contribution in [0.15, 0.2) is 120 Å². The number of anilines is 2. The zero-order chi connectivity index (χ0) is 29.9. The van der Waals surface area contributed by atoms with Gasteiger partial charge in [-0.2, -0.15) is 0 Å². The number of benzene rings is 3. The van der Waals surface area contributed by atoms with Gasteiger partial charge in [0.1, 0.15) is 0 Å². The highest BCUT2D eigenvalue weighted by Crippen LogP contribution is 2.50. The average molecular weight is 583 g/mol. The van der Waals surface area contributed by atoms with Gasteiger partial charge in [0, 0.05) is 33.7 Å². The topological polar surface area (TPSA) is 8.17 Å². The molecule has 220 valence electrons. The van der Waals surface area contributed by atoms with Gasteiger partial charge in [-0.15, -0.1) is 0 Å². The Labute approximate surface area is 266 Å². The second-order valence-corrected chi connectivity index (χ2v) is 13.2. The second kappa shape index (κ2) is 10.7. The third kappa shape index (κ3) is 4.38. The van der Waals surface area contributed by atoms with Crippen LogP contribution in [-0.4, -0.2) is 10.6 Å². The molecule has 1 aliphatic heterocycles. The van der Waals surface area contributed by atoms with Gasteiger partial charge in [0.2, 0.25) is 0 Å². The number of fused-ring (bicyclic) bond motifs is 6. The summed E-state index contributed by atoms with van der Waals surface area (Å²) in [6, 6.07) is 27.4. The fraction of sp³-hybridized carbons (Fsp3) is 0.209. The molecule has 0 fully saturated rings. The van der Waals surface area contributed by atoms with Crippen LogP contribution < -0.4 is 15.5 Å². The van der Waals surface area contributed by atoms with Crippen molar-refractivity contribution in [2.75, 3.05) is 4.90 Å². The van der Waals surface area contributed by atoms with Crippen molar-refractivity contribution >= 4 is 35.2 Å². The van der Waals surface area contributed by atoms with E-state index in [2.05, 4.69) is 144 Å². The molecule has 5 aliphatic rings. The van der Waals surface area contributed by atoms with Crippen LogP contribution in [0, 0.1) is 5.92 Å². The van der Waals surface area contributed by atoms with Crippen LogP contribution in [0.4, 0.5) is 11.4 Å². The van der Waals surface area contributed by atoms with Crippen LogP contribution in [-0.2, 0) is 6.42 Å². The Bertz CT molecular complexity index is 2130. The van der Waals surface area contributed by atoms with Crippen molar-refractivity contribution in [2.45, 2.75) is 51.5 Å². The Balaban J connectivity index is 1.18. The van der Waals surface area contributed by atoms with Gasteiger partial charge in [0.15, 0.2) is 0 Å². The maximum absolute atomic E-state index is 2.61. The zero-order valence-electron chi connectivity index (χ0n) is 25.9. The molecule has 0 N–H and O–H groups in total. The van der Waals surface area contributed by atoms with Crippen LogP contribution >= 0.6 is 0 Å². The highest BCUT2D eigenvalue weighted by atomic mass is 15.2. The summed E-state index contributed by atoms with van der Waals surface area (Å²) in [5.41, 5.74) is 14.7. The summed E-state index contributed by atoms with van der Waals surface area (Å²) in [6.45, 7) is 2.30. The predicted molar refractivity (Wildman–Crippen MR) is 190 cm³/mol. The predicted octanol–water partition coefficient (Wildman–Crippen LogP) is 9.21. The summed E-state index contributed by atoms with van der Waals surface area (Å²) >= 11 is 0. The van der Waals surface area contributed by atoms with Gasteiger partial charge < -0.3 is 9.47 Å². The van der Waals surface area contributed by atoms with Crippen molar-refractivity contribution in [3.8, 4) is 16.8 Å². The number of hydrogen-bond acceptors (Lipinski definition) is 1. The van der Waals surface area contributed by atoms with Crippen molar-refractivity contribution in [3.05, 3.63) is 148 Å². The standard InChI is InChI=1S/C43H38N2/c1-29-18-20-31(21-19-29)33-23-25-43-39(27-33)38-26-32(30-10-3-2-4-11-30)22-24-42(38)45(43)35-13-9-12-34(28-35)44-40-16-7-5-14-36(40)37-15-6-8-17-41(37)44/h2-4,7,9-13,15-18,20-24,26-29,43H,5-6,8,14,19,25H2,1H3. The Hall–Kier alpha value is -4.82. The van der Waals surface area contributed by atoms with E-state index in [1.165, 1.54) is 72.3 Å². The lowest BCUT2D eigenvalue weighted by Crippen LogP contribution is -2.31. The summed E-state index contributed by atoms with van der Waals surface area (Å²) in [7, 11) is 0. The first-order chi connectivity index (χ1) is 22.2. The van der Waals surface area contributed by atoms with E-state index in [1.54, 1.807) is 0 Å². The highest BCUT2D eigenvalue weighted by molar-refractivity contribution is 5.96. The molecule has 0 amide bonds. The lowest BCUT2D eigenvalue weighted by atomic mass is 9.86. The van der Waals surface area contributed by atoms with E-state index in [0.717, 1.165) is 38.5 Å². The van der Waals surface area contributed by atoms with Crippen LogP contribution in [0.2, 0.25) is 0 Å². The third-order valence-electron chi connectivity index (χ3n) is 10.3. The number of allylic oxidation sites excluding steroid dienone is 7. The quantitative estimate of drug-likeness (QED) is 0.233. The molecule has 2 heteroatoms. The number of rotatable bonds is 4. The van der Waals surface area contributed by atoms with Crippen molar-refractivity contribution in [3.63, 3.8) is 0 Å². The molecule has 2 unspecified atom stereocenters. The lowest BCUT2D eigenvalue weighted by molar-refractivity contribution is 0.731. The van der Waals surface area contributed by atoms with Gasteiger partial charge in [0.05, 0.1) is 6.04 Å². The van der Waals surface area contributed by atoms with E-state index in [1.807, 2.05) is 0 Å². The molecule has 3 aromatic carbocycles. The van der Waals surface area contributed by atoms with E-state index >= 15 is 0 Å². The van der Waals surface area contributed by atoms with Crippen molar-refractivity contribution < 1.29 is 0 Å². The molecule has 0 spiro atoms. The smallest absolute Gasteiger partial charge is 0.0633 e. The summed E-state index contributed by atoms with van der Waals surface area (Å²) in [5, 5.41) is 2.83. The molecule has 45 heavy (non-hydrogen) atoms. The van der Waals surface area contributed by atoms with E-state index < -0.39 is 0 Å². The van der Waals surface area contributed by atoms with E-state index in [4.69, 9.17) is 0 Å². The first kappa shape index (κ1) is 26.6. The van der Waals surface area contributed by atoms with Gasteiger partial charge in [-0.05, 0) is 126 Å². The normalized spacial score (nSPS) is 21.0. The minimum Gasteiger partial charge on any atom is -0.333 e. The van der Waals surface area contributed by atoms with Crippen LogP contribution in [0.1, 0.15) is 55.8 Å². The maximum Gasteiger partial charge on any atom is 0.0633 e. The Morgan fingerprint density at radius 2 is 1.58 bits per heavy atom. The molecule has 0 saturated carbocycles. The molecule has 0 radical (unpaired) electrons. The molecule has 0 saturated heterocycles. The Kier molecular flexibility index (Phi) is 6.30. The molecular weight excluding hydrogens is 544 g/mol. The van der Waals surface area contributed by atoms with E-state index in [-0.39, 0.29) is 6.04 Å². The minimum absolute atomic E-state index is 0.268. The molecule has 9 rings (SSSR count). The van der Waals surface area contributed by atoms with Crippen LogP contribution in [0.25, 0.3) is 40.6 Å². The molecule has 2 heterocycles. The summed E-state index contributed by atoms with van der Waals surface area (Å²) < 4.78 is 2.52. The molecule has 1 aromatic heterocycles. The largest absolute Gasteiger partial charge is 0.333 e. The molecule has 0 bridgehead atoms.